The van der Waals surface area contributed by atoms with E-state index in [1.807, 2.05) is 6.07 Å². The fourth-order valence-corrected chi connectivity index (χ4v) is 3.15. The number of halogens is 2. The monoisotopic (exact) mass is 309 g/mol. The van der Waals surface area contributed by atoms with Crippen molar-refractivity contribution < 1.29 is 4.39 Å². The van der Waals surface area contributed by atoms with E-state index in [1.165, 1.54) is 31.7 Å². The second kappa shape index (κ2) is 8.55. The number of hydrogen-bond donors (Lipinski definition) is 1. The number of hydrogen-bond acceptors (Lipinski definition) is 1. The van der Waals surface area contributed by atoms with Crippen LogP contribution in [0.1, 0.15) is 51.0 Å². The van der Waals surface area contributed by atoms with Crippen LogP contribution in [0.15, 0.2) is 29.8 Å². The van der Waals surface area contributed by atoms with E-state index in [-0.39, 0.29) is 10.8 Å². The zero-order chi connectivity index (χ0) is 15.1. The van der Waals surface area contributed by atoms with E-state index in [2.05, 4.69) is 18.3 Å². The molecule has 0 fully saturated rings. The first-order chi connectivity index (χ1) is 10.2. The van der Waals surface area contributed by atoms with Crippen LogP contribution >= 0.6 is 11.6 Å². The normalized spacial score (nSPS) is 16.6. The van der Waals surface area contributed by atoms with E-state index < -0.39 is 0 Å². The molecule has 0 radical (unpaired) electrons. The lowest BCUT2D eigenvalue weighted by molar-refractivity contribution is 0.489. The van der Waals surface area contributed by atoms with Gasteiger partial charge in [0.2, 0.25) is 0 Å². The third kappa shape index (κ3) is 5.12. The van der Waals surface area contributed by atoms with E-state index >= 15 is 0 Å². The summed E-state index contributed by atoms with van der Waals surface area (Å²) in [4.78, 5) is 0. The van der Waals surface area contributed by atoms with Crippen molar-refractivity contribution in [1.29, 1.82) is 0 Å². The molecular formula is C18H25ClFN. The first-order valence-electron chi connectivity index (χ1n) is 8.05. The first-order valence-corrected chi connectivity index (χ1v) is 8.42. The molecule has 0 aliphatic heterocycles. The van der Waals surface area contributed by atoms with Gasteiger partial charge in [0.15, 0.2) is 0 Å². The molecule has 1 aliphatic carbocycles. The van der Waals surface area contributed by atoms with Gasteiger partial charge in [-0.15, -0.1) is 0 Å². The molecule has 0 aromatic heterocycles. The number of allylic oxidation sites excluding steroid dienone is 1. The van der Waals surface area contributed by atoms with Crippen molar-refractivity contribution in [2.45, 2.75) is 57.9 Å². The van der Waals surface area contributed by atoms with Crippen LogP contribution in [0.2, 0.25) is 5.02 Å². The molecule has 0 saturated carbocycles. The van der Waals surface area contributed by atoms with Crippen molar-refractivity contribution in [3.8, 4) is 0 Å². The summed E-state index contributed by atoms with van der Waals surface area (Å²) >= 11 is 6.10. The molecule has 0 spiro atoms. The van der Waals surface area contributed by atoms with Crippen LogP contribution in [0.3, 0.4) is 0 Å². The van der Waals surface area contributed by atoms with Crippen molar-refractivity contribution in [2.75, 3.05) is 6.54 Å². The van der Waals surface area contributed by atoms with Crippen LogP contribution in [-0.4, -0.2) is 12.6 Å². The molecule has 0 bridgehead atoms. The topological polar surface area (TPSA) is 12.0 Å². The van der Waals surface area contributed by atoms with E-state index in [4.69, 9.17) is 11.6 Å². The maximum Gasteiger partial charge on any atom is 0.142 e. The van der Waals surface area contributed by atoms with Crippen molar-refractivity contribution in [2.24, 2.45) is 0 Å². The van der Waals surface area contributed by atoms with Gasteiger partial charge >= 0.3 is 0 Å². The van der Waals surface area contributed by atoms with Crippen molar-refractivity contribution in [3.05, 3.63) is 46.3 Å². The Labute approximate surface area is 132 Å². The molecule has 2 rings (SSSR count). The van der Waals surface area contributed by atoms with E-state index in [9.17, 15) is 4.39 Å². The van der Waals surface area contributed by atoms with Gasteiger partial charge in [0, 0.05) is 6.04 Å². The minimum Gasteiger partial charge on any atom is -0.313 e. The molecule has 1 aliphatic rings. The molecule has 1 nitrogen and oxygen atoms in total. The molecule has 1 aromatic rings. The molecule has 1 atom stereocenters. The Morgan fingerprint density at radius 1 is 1.29 bits per heavy atom. The molecule has 1 N–H and O–H groups in total. The number of rotatable bonds is 7. The zero-order valence-electron chi connectivity index (χ0n) is 12.8. The third-order valence-corrected chi connectivity index (χ3v) is 4.50. The van der Waals surface area contributed by atoms with Gasteiger partial charge in [-0.3, -0.25) is 0 Å². The summed E-state index contributed by atoms with van der Waals surface area (Å²) in [5.74, 6) is -0.319. The van der Waals surface area contributed by atoms with E-state index in [0.29, 0.717) is 6.04 Å². The van der Waals surface area contributed by atoms with Crippen LogP contribution in [0.25, 0.3) is 0 Å². The molecule has 0 heterocycles. The molecular weight excluding hydrogens is 285 g/mol. The summed E-state index contributed by atoms with van der Waals surface area (Å²) in [5.41, 5.74) is 2.45. The number of nitrogens with one attached hydrogen (secondary N) is 1. The van der Waals surface area contributed by atoms with Gasteiger partial charge in [-0.1, -0.05) is 42.3 Å². The lowest BCUT2D eigenvalue weighted by atomic mass is 9.91. The van der Waals surface area contributed by atoms with Gasteiger partial charge in [0.25, 0.3) is 0 Å². The lowest BCUT2D eigenvalue weighted by Gasteiger charge is -2.22. The summed E-state index contributed by atoms with van der Waals surface area (Å²) in [6.45, 7) is 3.16. The Kier molecular flexibility index (Phi) is 6.72. The molecule has 0 amide bonds. The van der Waals surface area contributed by atoms with Gasteiger partial charge in [-0.05, 0) is 63.1 Å². The standard InChI is InChI=1S/C18H25ClFN/c1-2-11-21-16(12-14-7-4-3-5-8-14)13-15-9-6-10-17(20)18(15)19/h6-7,9-10,16,21H,2-5,8,11-13H2,1H3. The number of benzene rings is 1. The van der Waals surface area contributed by atoms with Gasteiger partial charge in [0.05, 0.1) is 5.02 Å². The smallest absolute Gasteiger partial charge is 0.142 e. The Balaban J connectivity index is 2.04. The predicted molar refractivity (Wildman–Crippen MR) is 88.4 cm³/mol. The van der Waals surface area contributed by atoms with Crippen LogP contribution in [0.5, 0.6) is 0 Å². The molecule has 1 unspecified atom stereocenters. The largest absolute Gasteiger partial charge is 0.313 e. The van der Waals surface area contributed by atoms with E-state index in [1.54, 1.807) is 11.6 Å². The van der Waals surface area contributed by atoms with Crippen LogP contribution < -0.4 is 5.32 Å². The highest BCUT2D eigenvalue weighted by atomic mass is 35.5. The maximum atomic E-state index is 13.6. The summed E-state index contributed by atoms with van der Waals surface area (Å²) in [7, 11) is 0. The SMILES string of the molecule is CCCNC(CC1=CCCCC1)Cc1cccc(F)c1Cl. The van der Waals surface area contributed by atoms with Crippen molar-refractivity contribution in [3.63, 3.8) is 0 Å². The molecule has 116 valence electrons. The highest BCUT2D eigenvalue weighted by Crippen LogP contribution is 2.25. The lowest BCUT2D eigenvalue weighted by Crippen LogP contribution is -2.32. The maximum absolute atomic E-state index is 13.6. The summed E-state index contributed by atoms with van der Waals surface area (Å²) < 4.78 is 13.6. The van der Waals surface area contributed by atoms with Crippen LogP contribution in [-0.2, 0) is 6.42 Å². The minimum absolute atomic E-state index is 0.276. The zero-order valence-corrected chi connectivity index (χ0v) is 13.6. The van der Waals surface area contributed by atoms with Gasteiger partial charge in [-0.25, -0.2) is 4.39 Å². The molecule has 1 aromatic carbocycles. The fourth-order valence-electron chi connectivity index (χ4n) is 2.94. The van der Waals surface area contributed by atoms with Crippen molar-refractivity contribution in [1.82, 2.24) is 5.32 Å². The average molecular weight is 310 g/mol. The van der Waals surface area contributed by atoms with Crippen LogP contribution in [0.4, 0.5) is 4.39 Å². The van der Waals surface area contributed by atoms with Gasteiger partial charge in [-0.2, -0.15) is 0 Å². The molecule has 21 heavy (non-hydrogen) atoms. The first kappa shape index (κ1) is 16.5. The quantitative estimate of drug-likeness (QED) is 0.676. The highest BCUT2D eigenvalue weighted by Gasteiger charge is 2.15. The molecule has 0 saturated heterocycles. The van der Waals surface area contributed by atoms with Crippen LogP contribution in [0, 0.1) is 5.82 Å². The summed E-state index contributed by atoms with van der Waals surface area (Å²) in [6, 6.07) is 5.44. The van der Waals surface area contributed by atoms with Crippen molar-refractivity contribution >= 4 is 11.6 Å². The Hall–Kier alpha value is -0.860. The molecule has 3 heteroatoms. The predicted octanol–water partition coefficient (Wildman–Crippen LogP) is 5.28. The summed E-state index contributed by atoms with van der Waals surface area (Å²) in [5, 5.41) is 3.87. The average Bonchev–Trinajstić information content (AvgIpc) is 2.50. The second-order valence-corrected chi connectivity index (χ2v) is 6.26. The minimum atomic E-state index is -0.319. The third-order valence-electron chi connectivity index (χ3n) is 4.07. The van der Waals surface area contributed by atoms with E-state index in [0.717, 1.165) is 31.4 Å². The Morgan fingerprint density at radius 3 is 2.86 bits per heavy atom. The fraction of sp³-hybridized carbons (Fsp3) is 0.556. The van der Waals surface area contributed by atoms with Gasteiger partial charge < -0.3 is 5.32 Å². The summed E-state index contributed by atoms with van der Waals surface area (Å²) in [6.07, 6.45) is 10.3. The highest BCUT2D eigenvalue weighted by molar-refractivity contribution is 6.31. The Bertz CT molecular complexity index is 484. The second-order valence-electron chi connectivity index (χ2n) is 5.88. The Morgan fingerprint density at radius 2 is 2.14 bits per heavy atom. The van der Waals surface area contributed by atoms with Gasteiger partial charge in [0.1, 0.15) is 5.82 Å².